The fourth-order valence-electron chi connectivity index (χ4n) is 3.18. The van der Waals surface area contributed by atoms with E-state index in [2.05, 4.69) is 59.7 Å². The Kier molecular flexibility index (Phi) is 12.5. The van der Waals surface area contributed by atoms with Crippen LogP contribution in [0.15, 0.2) is 23.2 Å². The molecule has 1 aromatic carbocycles. The largest absolute Gasteiger partial charge is 0.381 e. The number of nitrogens with zero attached hydrogens (tertiary/aromatic N) is 2. The minimum Gasteiger partial charge on any atom is -0.381 e. The summed E-state index contributed by atoms with van der Waals surface area (Å²) < 4.78 is 11.2. The third-order valence-corrected chi connectivity index (χ3v) is 4.84. The fraction of sp³-hybridized carbons (Fsp3) is 0.667. The van der Waals surface area contributed by atoms with Crippen LogP contribution in [0.3, 0.4) is 0 Å². The molecule has 0 aliphatic carbocycles. The highest BCUT2D eigenvalue weighted by molar-refractivity contribution is 14.0. The van der Waals surface area contributed by atoms with E-state index in [4.69, 9.17) is 9.47 Å². The number of hydrogen-bond donors (Lipinski definition) is 2. The molecular formula is C21H37IN4O2. The van der Waals surface area contributed by atoms with Crippen molar-refractivity contribution in [3.8, 4) is 0 Å². The van der Waals surface area contributed by atoms with Gasteiger partial charge in [-0.2, -0.15) is 0 Å². The van der Waals surface area contributed by atoms with Crippen LogP contribution in [-0.4, -0.2) is 60.1 Å². The van der Waals surface area contributed by atoms with E-state index >= 15 is 0 Å². The fourth-order valence-corrected chi connectivity index (χ4v) is 3.18. The molecule has 2 N–H and O–H groups in total. The summed E-state index contributed by atoms with van der Waals surface area (Å²) in [4.78, 5) is 6.46. The standard InChI is InChI=1S/C21H36N4O2.HI/c1-17-6-7-19(20(14-17)25(3)4)15-24-21(22-2)23-10-5-11-27-16-18-8-12-26-13-9-18;/h6-7,14,18H,5,8-13,15-16H2,1-4H3,(H2,22,23,24);1H. The van der Waals surface area contributed by atoms with Crippen LogP contribution in [0.4, 0.5) is 5.69 Å². The topological polar surface area (TPSA) is 58.1 Å². The second-order valence-corrected chi connectivity index (χ2v) is 7.36. The summed E-state index contributed by atoms with van der Waals surface area (Å²) >= 11 is 0. The highest BCUT2D eigenvalue weighted by atomic mass is 127. The van der Waals surface area contributed by atoms with Crippen LogP contribution in [-0.2, 0) is 16.0 Å². The molecular weight excluding hydrogens is 467 g/mol. The number of guanidine groups is 1. The Labute approximate surface area is 187 Å². The molecule has 0 radical (unpaired) electrons. The predicted molar refractivity (Wildman–Crippen MR) is 128 cm³/mol. The van der Waals surface area contributed by atoms with Gasteiger partial charge in [-0.3, -0.25) is 4.99 Å². The molecule has 28 heavy (non-hydrogen) atoms. The number of anilines is 1. The zero-order valence-electron chi connectivity index (χ0n) is 17.8. The lowest BCUT2D eigenvalue weighted by atomic mass is 10.0. The molecule has 1 saturated heterocycles. The van der Waals surface area contributed by atoms with Crippen molar-refractivity contribution in [3.63, 3.8) is 0 Å². The summed E-state index contributed by atoms with van der Waals surface area (Å²) in [6.45, 7) is 7.12. The predicted octanol–water partition coefficient (Wildman–Crippen LogP) is 3.18. The maximum absolute atomic E-state index is 5.81. The van der Waals surface area contributed by atoms with Gasteiger partial charge in [-0.15, -0.1) is 24.0 Å². The number of halogens is 1. The molecule has 6 nitrogen and oxygen atoms in total. The highest BCUT2D eigenvalue weighted by Crippen LogP contribution is 2.20. The van der Waals surface area contributed by atoms with Gasteiger partial charge >= 0.3 is 0 Å². The molecule has 0 saturated carbocycles. The van der Waals surface area contributed by atoms with Crippen molar-refractivity contribution in [2.45, 2.75) is 32.7 Å². The first-order chi connectivity index (χ1) is 13.1. The Morgan fingerprint density at radius 3 is 2.68 bits per heavy atom. The van der Waals surface area contributed by atoms with E-state index in [1.165, 1.54) is 16.8 Å². The molecule has 0 unspecified atom stereocenters. The van der Waals surface area contributed by atoms with Gasteiger partial charge in [-0.05, 0) is 49.3 Å². The molecule has 1 aliphatic rings. The van der Waals surface area contributed by atoms with E-state index in [-0.39, 0.29) is 24.0 Å². The Morgan fingerprint density at radius 2 is 2.00 bits per heavy atom. The number of hydrogen-bond acceptors (Lipinski definition) is 4. The van der Waals surface area contributed by atoms with E-state index in [9.17, 15) is 0 Å². The molecule has 7 heteroatoms. The lowest BCUT2D eigenvalue weighted by molar-refractivity contribution is 0.0203. The monoisotopic (exact) mass is 504 g/mol. The molecule has 1 aliphatic heterocycles. The van der Waals surface area contributed by atoms with E-state index in [0.717, 1.165) is 64.7 Å². The van der Waals surface area contributed by atoms with E-state index in [1.807, 2.05) is 0 Å². The molecule has 0 atom stereocenters. The number of rotatable bonds is 9. The quantitative estimate of drug-likeness (QED) is 0.234. The number of ether oxygens (including phenoxy) is 2. The van der Waals surface area contributed by atoms with Gasteiger partial charge in [0.05, 0.1) is 0 Å². The summed E-state index contributed by atoms with van der Waals surface area (Å²) in [6.07, 6.45) is 3.23. The third kappa shape index (κ3) is 8.96. The molecule has 0 amide bonds. The first-order valence-corrected chi connectivity index (χ1v) is 9.97. The number of aryl methyl sites for hydroxylation is 1. The summed E-state index contributed by atoms with van der Waals surface area (Å²) in [6, 6.07) is 6.54. The van der Waals surface area contributed by atoms with Gasteiger partial charge < -0.3 is 25.0 Å². The number of aliphatic imine (C=N–C) groups is 1. The summed E-state index contributed by atoms with van der Waals surface area (Å²) in [7, 11) is 5.95. The SMILES string of the molecule is CN=C(NCCCOCC1CCOCC1)NCc1ccc(C)cc1N(C)C.I. The van der Waals surface area contributed by atoms with Crippen molar-refractivity contribution in [1.82, 2.24) is 10.6 Å². The highest BCUT2D eigenvalue weighted by Gasteiger charge is 2.13. The lowest BCUT2D eigenvalue weighted by Gasteiger charge is -2.21. The molecule has 0 aromatic heterocycles. The van der Waals surface area contributed by atoms with Crippen molar-refractivity contribution in [1.29, 1.82) is 0 Å². The lowest BCUT2D eigenvalue weighted by Crippen LogP contribution is -2.37. The smallest absolute Gasteiger partial charge is 0.191 e. The van der Waals surface area contributed by atoms with Crippen molar-refractivity contribution in [2.75, 3.05) is 59.0 Å². The summed E-state index contributed by atoms with van der Waals surface area (Å²) in [5, 5.41) is 6.76. The van der Waals surface area contributed by atoms with Gasteiger partial charge in [0.25, 0.3) is 0 Å². The maximum atomic E-state index is 5.81. The molecule has 0 spiro atoms. The van der Waals surface area contributed by atoms with Gasteiger partial charge in [-0.1, -0.05) is 12.1 Å². The molecule has 1 fully saturated rings. The van der Waals surface area contributed by atoms with Gasteiger partial charge in [0.15, 0.2) is 5.96 Å². The second-order valence-electron chi connectivity index (χ2n) is 7.36. The normalized spacial score (nSPS) is 15.1. The molecule has 160 valence electrons. The van der Waals surface area contributed by atoms with Gasteiger partial charge in [-0.25, -0.2) is 0 Å². The van der Waals surface area contributed by atoms with Crippen LogP contribution in [0.1, 0.15) is 30.4 Å². The van der Waals surface area contributed by atoms with Crippen LogP contribution in [0, 0.1) is 12.8 Å². The Bertz CT molecular complexity index is 590. The van der Waals surface area contributed by atoms with Crippen molar-refractivity contribution < 1.29 is 9.47 Å². The van der Waals surface area contributed by atoms with Crippen molar-refractivity contribution in [2.24, 2.45) is 10.9 Å². The molecule has 1 heterocycles. The van der Waals surface area contributed by atoms with E-state index < -0.39 is 0 Å². The first-order valence-electron chi connectivity index (χ1n) is 9.97. The number of nitrogens with one attached hydrogen (secondary N) is 2. The average molecular weight is 504 g/mol. The molecule has 1 aromatic rings. The Morgan fingerprint density at radius 1 is 1.25 bits per heavy atom. The molecule has 0 bridgehead atoms. The maximum Gasteiger partial charge on any atom is 0.191 e. The van der Waals surface area contributed by atoms with Crippen molar-refractivity contribution in [3.05, 3.63) is 29.3 Å². The minimum absolute atomic E-state index is 0. The second kappa shape index (κ2) is 14.0. The Hall–Kier alpha value is -1.06. The van der Waals surface area contributed by atoms with Crippen molar-refractivity contribution >= 4 is 35.6 Å². The zero-order valence-corrected chi connectivity index (χ0v) is 20.1. The van der Waals surface area contributed by atoms with Gasteiger partial charge in [0.2, 0.25) is 0 Å². The van der Waals surface area contributed by atoms with Crippen LogP contribution in [0.2, 0.25) is 0 Å². The number of benzene rings is 1. The van der Waals surface area contributed by atoms with E-state index in [1.54, 1.807) is 7.05 Å². The van der Waals surface area contributed by atoms with Gasteiger partial charge in [0, 0.05) is 66.3 Å². The molecule has 2 rings (SSSR count). The van der Waals surface area contributed by atoms with Crippen LogP contribution >= 0.6 is 24.0 Å². The van der Waals surface area contributed by atoms with E-state index in [0.29, 0.717) is 5.92 Å². The van der Waals surface area contributed by atoms with Crippen LogP contribution in [0.5, 0.6) is 0 Å². The zero-order chi connectivity index (χ0) is 19.5. The minimum atomic E-state index is 0. The van der Waals surface area contributed by atoms with Gasteiger partial charge in [0.1, 0.15) is 0 Å². The summed E-state index contributed by atoms with van der Waals surface area (Å²) in [5.41, 5.74) is 3.76. The summed E-state index contributed by atoms with van der Waals surface area (Å²) in [5.74, 6) is 1.49. The average Bonchev–Trinajstić information content (AvgIpc) is 2.68. The Balaban J connectivity index is 0.00000392. The van der Waals surface area contributed by atoms with Crippen LogP contribution < -0.4 is 15.5 Å². The third-order valence-electron chi connectivity index (χ3n) is 4.84. The van der Waals surface area contributed by atoms with Crippen LogP contribution in [0.25, 0.3) is 0 Å². The first kappa shape index (κ1) is 25.0.